The molecule has 26 heavy (non-hydrogen) atoms. The van der Waals surface area contributed by atoms with Gasteiger partial charge in [0.2, 0.25) is 0 Å². The van der Waals surface area contributed by atoms with Gasteiger partial charge in [-0.1, -0.05) is 17.1 Å². The van der Waals surface area contributed by atoms with Gasteiger partial charge >= 0.3 is 0 Å². The summed E-state index contributed by atoms with van der Waals surface area (Å²) in [5.41, 5.74) is 7.59. The smallest absolute Gasteiger partial charge is 0.0659 e. The quantitative estimate of drug-likeness (QED) is 0.287. The summed E-state index contributed by atoms with van der Waals surface area (Å²) < 4.78 is 0. The number of H-pyrrole nitrogens is 2. The van der Waals surface area contributed by atoms with E-state index in [9.17, 15) is 0 Å². The second-order valence-corrected chi connectivity index (χ2v) is 5.82. The number of aromatic amines is 2. The molecule has 4 nitrogen and oxygen atoms in total. The number of rotatable bonds is 0. The first-order valence-corrected chi connectivity index (χ1v) is 7.76. The number of hydrogen-bond donors (Lipinski definition) is 2. The minimum absolute atomic E-state index is 0. The van der Waals surface area contributed by atoms with Crippen molar-refractivity contribution in [2.45, 2.75) is 0 Å². The van der Waals surface area contributed by atoms with Crippen molar-refractivity contribution in [3.63, 3.8) is 0 Å². The van der Waals surface area contributed by atoms with Crippen molar-refractivity contribution in [2.75, 3.05) is 0 Å². The van der Waals surface area contributed by atoms with Crippen molar-refractivity contribution in [1.29, 1.82) is 0 Å². The molecule has 0 aliphatic carbocycles. The van der Waals surface area contributed by atoms with Crippen molar-refractivity contribution in [3.05, 3.63) is 71.3 Å². The Morgan fingerprint density at radius 3 is 1.85 bits per heavy atom. The first kappa shape index (κ1) is 18.2. The van der Waals surface area contributed by atoms with Gasteiger partial charge in [0, 0.05) is 22.6 Å². The van der Waals surface area contributed by atoms with E-state index in [0.717, 1.165) is 44.8 Å². The van der Waals surface area contributed by atoms with Gasteiger partial charge in [-0.2, -0.15) is 12.1 Å². The molecule has 0 radical (unpaired) electrons. The molecule has 0 spiro atoms. The molecule has 2 aliphatic rings. The summed E-state index contributed by atoms with van der Waals surface area (Å²) in [7, 11) is 0. The number of hydrogen-bond acceptors (Lipinski definition) is 2. The van der Waals surface area contributed by atoms with Crippen molar-refractivity contribution in [3.8, 4) is 0 Å². The first-order chi connectivity index (χ1) is 11.8. The van der Waals surface area contributed by atoms with Crippen LogP contribution in [0.3, 0.4) is 0 Å². The van der Waals surface area contributed by atoms with Crippen LogP contribution in [0.2, 0.25) is 0 Å². The van der Waals surface area contributed by atoms with Crippen LogP contribution in [-0.2, 0) is 17.1 Å². The van der Waals surface area contributed by atoms with Crippen molar-refractivity contribution in [1.82, 2.24) is 19.9 Å². The molecule has 2 aliphatic heterocycles. The zero-order valence-electron chi connectivity index (χ0n) is 13.5. The molecule has 5 rings (SSSR count). The Kier molecular flexibility index (Phi) is 5.14. The summed E-state index contributed by atoms with van der Waals surface area (Å²) in [6.45, 7) is 0. The minimum atomic E-state index is 0. The van der Waals surface area contributed by atoms with Crippen molar-refractivity contribution < 1.29 is 17.1 Å². The van der Waals surface area contributed by atoms with Gasteiger partial charge in [-0.25, -0.2) is 4.98 Å². The maximum Gasteiger partial charge on any atom is 0.0659 e. The van der Waals surface area contributed by atoms with E-state index in [-0.39, 0.29) is 29.5 Å². The summed E-state index contributed by atoms with van der Waals surface area (Å²) in [6, 6.07) is 17.3. The Morgan fingerprint density at radius 2 is 1.19 bits per heavy atom. The average molecular weight is 402 g/mol. The van der Waals surface area contributed by atoms with Gasteiger partial charge in [0.05, 0.1) is 22.8 Å². The number of nitrogens with zero attached hydrogens (tertiary/aromatic N) is 2. The third-order valence-electron chi connectivity index (χ3n) is 3.96. The Hall–Kier alpha value is -2.59. The average Bonchev–Trinajstić information content (AvgIpc) is 3.32. The fraction of sp³-hybridized carbons (Fsp3) is 0. The molecule has 5 heterocycles. The van der Waals surface area contributed by atoms with E-state index in [2.05, 4.69) is 26.0 Å². The van der Waals surface area contributed by atoms with Crippen molar-refractivity contribution in [2.24, 2.45) is 0 Å². The summed E-state index contributed by atoms with van der Waals surface area (Å²) in [5.74, 6) is 0. The second-order valence-electron chi connectivity index (χ2n) is 5.82. The number of fused-ring (bicyclic) bond motifs is 8. The molecule has 2 N–H and O–H groups in total. The van der Waals surface area contributed by atoms with E-state index >= 15 is 0 Å². The molecule has 3 aromatic heterocycles. The Balaban J connectivity index is 0.000000980. The molecule has 130 valence electrons. The minimum Gasteiger partial charge on any atom is -0.428 e. The SMILES string of the molecule is Cl.[Fe].[c-]1cc2cc3nc(cc4nc(cc5ccc(cc1[nH]2)[nH]5)C=C4)C=C3. The van der Waals surface area contributed by atoms with E-state index in [1.807, 2.05) is 66.8 Å². The molecule has 8 bridgehead atoms. The van der Waals surface area contributed by atoms with Crippen molar-refractivity contribution >= 4 is 58.8 Å². The molecule has 0 atom stereocenters. The van der Waals surface area contributed by atoms with Gasteiger partial charge in [0.15, 0.2) is 0 Å². The van der Waals surface area contributed by atoms with Crippen LogP contribution in [0.5, 0.6) is 0 Å². The molecule has 0 saturated heterocycles. The van der Waals surface area contributed by atoms with Crippen LogP contribution in [0.4, 0.5) is 0 Å². The summed E-state index contributed by atoms with van der Waals surface area (Å²) >= 11 is 0. The molecular weight excluding hydrogens is 388 g/mol. The van der Waals surface area contributed by atoms with Crippen LogP contribution in [0.15, 0.2) is 42.5 Å². The standard InChI is InChI=1S/C20H13N4.ClH.Fe/c1-2-14-10-16-5-6-18(23-16)12-20-8-7-19(24-20)11-17-4-3-15(22-17)9-13(1)21-14;;/h1-7,9-12,23-24H;1H;/q-1;;. The van der Waals surface area contributed by atoms with E-state index in [0.29, 0.717) is 0 Å². The van der Waals surface area contributed by atoms with Gasteiger partial charge in [-0.15, -0.1) is 18.5 Å². The summed E-state index contributed by atoms with van der Waals surface area (Å²) in [6.07, 6.45) is 8.01. The molecule has 0 amide bonds. The number of nitrogens with one attached hydrogen (secondary N) is 2. The van der Waals surface area contributed by atoms with Gasteiger partial charge in [-0.05, 0) is 54.1 Å². The van der Waals surface area contributed by atoms with Crippen LogP contribution in [-0.4, -0.2) is 19.9 Å². The zero-order valence-corrected chi connectivity index (χ0v) is 15.4. The zero-order chi connectivity index (χ0) is 15.9. The fourth-order valence-corrected chi connectivity index (χ4v) is 2.87. The van der Waals surface area contributed by atoms with E-state index in [1.165, 1.54) is 0 Å². The number of halogens is 1. The summed E-state index contributed by atoms with van der Waals surface area (Å²) in [4.78, 5) is 15.9. The van der Waals surface area contributed by atoms with E-state index in [4.69, 9.17) is 0 Å². The number of aromatic nitrogens is 4. The van der Waals surface area contributed by atoms with Gasteiger partial charge in [0.25, 0.3) is 0 Å². The second kappa shape index (κ2) is 7.34. The fourth-order valence-electron chi connectivity index (χ4n) is 2.87. The van der Waals surface area contributed by atoms with Gasteiger partial charge in [-0.3, -0.25) is 4.98 Å². The van der Waals surface area contributed by atoms with E-state index in [1.54, 1.807) is 0 Å². The maximum atomic E-state index is 4.61. The van der Waals surface area contributed by atoms with Crippen LogP contribution < -0.4 is 0 Å². The van der Waals surface area contributed by atoms with Gasteiger partial charge in [0.1, 0.15) is 0 Å². The maximum absolute atomic E-state index is 4.61. The largest absolute Gasteiger partial charge is 0.428 e. The van der Waals surface area contributed by atoms with Crippen LogP contribution in [0, 0.1) is 6.07 Å². The van der Waals surface area contributed by atoms with Crippen LogP contribution >= 0.6 is 12.4 Å². The summed E-state index contributed by atoms with van der Waals surface area (Å²) in [5, 5.41) is 0. The van der Waals surface area contributed by atoms with Crippen LogP contribution in [0.25, 0.3) is 46.4 Å². The third kappa shape index (κ3) is 3.65. The Morgan fingerprint density at radius 1 is 0.654 bits per heavy atom. The first-order valence-electron chi connectivity index (χ1n) is 7.76. The van der Waals surface area contributed by atoms with E-state index < -0.39 is 0 Å². The molecule has 0 fully saturated rings. The molecular formula is C20H14ClFeN4-. The third-order valence-corrected chi connectivity index (χ3v) is 3.96. The Bertz CT molecular complexity index is 1080. The predicted molar refractivity (Wildman–Crippen MR) is 105 cm³/mol. The van der Waals surface area contributed by atoms with Gasteiger partial charge < -0.3 is 9.97 Å². The molecule has 6 heteroatoms. The monoisotopic (exact) mass is 401 g/mol. The molecule has 0 aromatic carbocycles. The predicted octanol–water partition coefficient (Wildman–Crippen LogP) is 4.88. The molecule has 0 saturated carbocycles. The molecule has 0 unspecified atom stereocenters. The molecule has 3 aromatic rings. The topological polar surface area (TPSA) is 57.4 Å². The normalized spacial score (nSPS) is 11.7. The Labute approximate surface area is 167 Å². The van der Waals surface area contributed by atoms with Crippen LogP contribution in [0.1, 0.15) is 22.8 Å².